The first kappa shape index (κ1) is 19.0. The number of hydrogen-bond donors (Lipinski definition) is 0. The molecule has 2 atom stereocenters. The Labute approximate surface area is 162 Å². The van der Waals surface area contributed by atoms with Crippen LogP contribution in [0.15, 0.2) is 79.4 Å². The van der Waals surface area contributed by atoms with E-state index in [-0.39, 0.29) is 17.6 Å². The van der Waals surface area contributed by atoms with Crippen LogP contribution in [0, 0.1) is 5.92 Å². The number of aromatic nitrogens is 1. The number of fused-ring (bicyclic) bond motifs is 1. The number of benzene rings is 2. The molecule has 2 nitrogen and oxygen atoms in total. The van der Waals surface area contributed by atoms with Crippen LogP contribution in [-0.2, 0) is 0 Å². The molecule has 3 rings (SSSR count). The summed E-state index contributed by atoms with van der Waals surface area (Å²) in [6.45, 7) is 6.24. The third-order valence-corrected chi connectivity index (χ3v) is 5.15. The molecule has 2 heteroatoms. The predicted octanol–water partition coefficient (Wildman–Crippen LogP) is 6.58. The molecule has 0 bridgehead atoms. The van der Waals surface area contributed by atoms with Crippen LogP contribution in [-0.4, -0.2) is 10.8 Å². The Morgan fingerprint density at radius 2 is 1.74 bits per heavy atom. The van der Waals surface area contributed by atoms with Gasteiger partial charge in [0.15, 0.2) is 5.78 Å². The minimum atomic E-state index is -0.300. The van der Waals surface area contributed by atoms with Crippen molar-refractivity contribution in [1.29, 1.82) is 0 Å². The normalized spacial score (nSPS) is 13.2. The fourth-order valence-electron chi connectivity index (χ4n) is 3.64. The van der Waals surface area contributed by atoms with Crippen LogP contribution in [0.25, 0.3) is 10.9 Å². The molecule has 138 valence electrons. The molecular weight excluding hydrogens is 330 g/mol. The molecule has 0 spiro atoms. The van der Waals surface area contributed by atoms with Gasteiger partial charge < -0.3 is 0 Å². The van der Waals surface area contributed by atoms with E-state index in [0.717, 1.165) is 41.4 Å². The fraction of sp³-hybridized carbons (Fsp3) is 0.280. The van der Waals surface area contributed by atoms with Crippen molar-refractivity contribution in [1.82, 2.24) is 4.98 Å². The largest absolute Gasteiger partial charge is 0.293 e. The lowest BCUT2D eigenvalue weighted by atomic mass is 9.80. The van der Waals surface area contributed by atoms with Crippen LogP contribution in [0.5, 0.6) is 0 Å². The number of allylic oxidation sites excluding steroid dienone is 1. The molecule has 1 heterocycles. The van der Waals surface area contributed by atoms with Gasteiger partial charge in [-0.25, -0.2) is 0 Å². The summed E-state index contributed by atoms with van der Waals surface area (Å²) in [6, 6.07) is 21.7. The zero-order valence-corrected chi connectivity index (χ0v) is 16.0. The summed E-state index contributed by atoms with van der Waals surface area (Å²) in [5.74, 6) is -0.0935. The summed E-state index contributed by atoms with van der Waals surface area (Å²) in [5, 5.41) is 1.09. The molecule has 0 radical (unpaired) electrons. The van der Waals surface area contributed by atoms with Crippen molar-refractivity contribution in [2.24, 2.45) is 5.92 Å². The van der Waals surface area contributed by atoms with Crippen molar-refractivity contribution in [2.45, 2.75) is 38.5 Å². The van der Waals surface area contributed by atoms with E-state index in [1.807, 2.05) is 66.7 Å². The number of rotatable bonds is 9. The highest BCUT2D eigenvalue weighted by molar-refractivity contribution is 6.01. The van der Waals surface area contributed by atoms with E-state index in [0.29, 0.717) is 0 Å². The van der Waals surface area contributed by atoms with Crippen molar-refractivity contribution in [3.05, 3.63) is 90.6 Å². The number of para-hydroxylation sites is 1. The zero-order chi connectivity index (χ0) is 19.1. The average molecular weight is 357 g/mol. The van der Waals surface area contributed by atoms with Crippen LogP contribution < -0.4 is 0 Å². The minimum Gasteiger partial charge on any atom is -0.293 e. The topological polar surface area (TPSA) is 30.0 Å². The maximum Gasteiger partial charge on any atom is 0.172 e. The van der Waals surface area contributed by atoms with E-state index in [1.54, 1.807) is 0 Å². The second kappa shape index (κ2) is 9.27. The summed E-state index contributed by atoms with van der Waals surface area (Å²) in [5.41, 5.74) is 2.50. The van der Waals surface area contributed by atoms with Crippen molar-refractivity contribution in [2.75, 3.05) is 0 Å². The number of nitrogens with zero attached hydrogens (tertiary/aromatic N) is 1. The van der Waals surface area contributed by atoms with E-state index >= 15 is 0 Å². The number of carbonyl (C=O) groups excluding carboxylic acids is 1. The Hall–Kier alpha value is -2.74. The van der Waals surface area contributed by atoms with Crippen LogP contribution in [0.4, 0.5) is 0 Å². The lowest BCUT2D eigenvalue weighted by Crippen LogP contribution is -2.22. The van der Waals surface area contributed by atoms with Crippen LogP contribution >= 0.6 is 0 Å². The van der Waals surface area contributed by atoms with E-state index < -0.39 is 0 Å². The van der Waals surface area contributed by atoms with Gasteiger partial charge in [0.1, 0.15) is 0 Å². The quantitative estimate of drug-likeness (QED) is 0.246. The summed E-state index contributed by atoms with van der Waals surface area (Å²) in [6.07, 6.45) is 6.32. The lowest BCUT2D eigenvalue weighted by molar-refractivity contribution is 0.0935. The first-order chi connectivity index (χ1) is 13.2. The number of pyridine rings is 1. The molecule has 0 aliphatic heterocycles. The Kier molecular flexibility index (Phi) is 6.54. The number of hydrogen-bond acceptors (Lipinski definition) is 2. The SMILES string of the molecule is C=C[C@H](CCCCC)[C@H](C(=O)c1ccccc1)c1ccc2ccccc2n1. The monoisotopic (exact) mass is 357 g/mol. The Balaban J connectivity index is 2.01. The van der Waals surface area contributed by atoms with Crippen LogP contribution in [0.1, 0.15) is 54.6 Å². The van der Waals surface area contributed by atoms with Crippen molar-refractivity contribution < 1.29 is 4.79 Å². The number of ketones is 1. The van der Waals surface area contributed by atoms with Crippen molar-refractivity contribution >= 4 is 16.7 Å². The molecule has 0 amide bonds. The molecule has 0 saturated heterocycles. The van der Waals surface area contributed by atoms with E-state index in [9.17, 15) is 4.79 Å². The van der Waals surface area contributed by atoms with Gasteiger partial charge in [-0.05, 0) is 24.5 Å². The second-order valence-corrected chi connectivity index (χ2v) is 7.03. The first-order valence-corrected chi connectivity index (χ1v) is 9.82. The highest BCUT2D eigenvalue weighted by Crippen LogP contribution is 2.33. The molecule has 0 saturated carbocycles. The molecular formula is C25H27NO. The molecule has 3 aromatic rings. The molecule has 0 N–H and O–H groups in total. The molecule has 0 fully saturated rings. The van der Waals surface area contributed by atoms with Gasteiger partial charge in [0, 0.05) is 10.9 Å². The standard InChI is InChI=1S/C25H27NO/c1-3-5-7-12-19(4-2)24(25(27)21-14-8-6-9-15-21)23-18-17-20-13-10-11-16-22(20)26-23/h4,6,8-11,13-19,24H,2-3,5,7,12H2,1H3/t19-,24+/m1/s1. The van der Waals surface area contributed by atoms with Crippen molar-refractivity contribution in [3.63, 3.8) is 0 Å². The highest BCUT2D eigenvalue weighted by Gasteiger charge is 2.30. The van der Waals surface area contributed by atoms with Gasteiger partial charge in [0.2, 0.25) is 0 Å². The van der Waals surface area contributed by atoms with E-state index in [2.05, 4.69) is 19.6 Å². The third kappa shape index (κ3) is 4.51. The maximum absolute atomic E-state index is 13.4. The fourth-order valence-corrected chi connectivity index (χ4v) is 3.64. The Bertz CT molecular complexity index is 900. The molecule has 1 aromatic heterocycles. The number of carbonyl (C=O) groups is 1. The van der Waals surface area contributed by atoms with Crippen LogP contribution in [0.3, 0.4) is 0 Å². The smallest absolute Gasteiger partial charge is 0.172 e. The Morgan fingerprint density at radius 3 is 2.48 bits per heavy atom. The summed E-state index contributed by atoms with van der Waals surface area (Å²) in [7, 11) is 0. The molecule has 0 unspecified atom stereocenters. The van der Waals surface area contributed by atoms with Gasteiger partial charge in [-0.2, -0.15) is 0 Å². The molecule has 0 aliphatic rings. The van der Waals surface area contributed by atoms with Gasteiger partial charge in [0.25, 0.3) is 0 Å². The number of Topliss-reactive ketones (excluding diaryl/α,β-unsaturated/α-hetero) is 1. The Morgan fingerprint density at radius 1 is 1.00 bits per heavy atom. The van der Waals surface area contributed by atoms with E-state index in [1.165, 1.54) is 6.42 Å². The average Bonchev–Trinajstić information content (AvgIpc) is 2.73. The predicted molar refractivity (Wildman–Crippen MR) is 113 cm³/mol. The number of unbranched alkanes of at least 4 members (excludes halogenated alkanes) is 2. The van der Waals surface area contributed by atoms with Gasteiger partial charge in [-0.3, -0.25) is 9.78 Å². The van der Waals surface area contributed by atoms with Gasteiger partial charge in [-0.15, -0.1) is 6.58 Å². The third-order valence-electron chi connectivity index (χ3n) is 5.15. The second-order valence-electron chi connectivity index (χ2n) is 7.03. The molecule has 2 aromatic carbocycles. The van der Waals surface area contributed by atoms with Gasteiger partial charge >= 0.3 is 0 Å². The maximum atomic E-state index is 13.4. The van der Waals surface area contributed by atoms with Crippen LogP contribution in [0.2, 0.25) is 0 Å². The zero-order valence-electron chi connectivity index (χ0n) is 16.0. The molecule has 27 heavy (non-hydrogen) atoms. The van der Waals surface area contributed by atoms with Gasteiger partial charge in [-0.1, -0.05) is 86.9 Å². The summed E-state index contributed by atoms with van der Waals surface area (Å²) >= 11 is 0. The first-order valence-electron chi connectivity index (χ1n) is 9.82. The lowest BCUT2D eigenvalue weighted by Gasteiger charge is -2.24. The summed E-state index contributed by atoms with van der Waals surface area (Å²) in [4.78, 5) is 18.3. The summed E-state index contributed by atoms with van der Waals surface area (Å²) < 4.78 is 0. The molecule has 0 aliphatic carbocycles. The highest BCUT2D eigenvalue weighted by atomic mass is 16.1. The van der Waals surface area contributed by atoms with Crippen molar-refractivity contribution in [3.8, 4) is 0 Å². The minimum absolute atomic E-state index is 0.0814. The van der Waals surface area contributed by atoms with Gasteiger partial charge in [0.05, 0.1) is 17.1 Å². The van der Waals surface area contributed by atoms with E-state index in [4.69, 9.17) is 4.98 Å².